The van der Waals surface area contributed by atoms with Crippen LogP contribution in [0.15, 0.2) is 51.4 Å². The van der Waals surface area contributed by atoms with Crippen LogP contribution in [0.3, 0.4) is 0 Å². The third-order valence-electron chi connectivity index (χ3n) is 4.02. The summed E-state index contributed by atoms with van der Waals surface area (Å²) in [5, 5.41) is 11.4. The Kier molecular flexibility index (Phi) is 5.74. The zero-order chi connectivity index (χ0) is 20.5. The zero-order valence-corrected chi connectivity index (χ0v) is 16.6. The second-order valence-electron chi connectivity index (χ2n) is 5.98. The fourth-order valence-corrected chi connectivity index (χ4v) is 3.88. The molecule has 0 aliphatic carbocycles. The van der Waals surface area contributed by atoms with Crippen LogP contribution in [-0.2, 0) is 21.6 Å². The summed E-state index contributed by atoms with van der Waals surface area (Å²) < 4.78 is 69.0. The highest BCUT2D eigenvalue weighted by Gasteiger charge is 2.46. The van der Waals surface area contributed by atoms with Gasteiger partial charge in [-0.05, 0) is 58.6 Å². The van der Waals surface area contributed by atoms with Gasteiger partial charge in [0.1, 0.15) is 5.58 Å². The summed E-state index contributed by atoms with van der Waals surface area (Å²) in [4.78, 5) is 0. The lowest BCUT2D eigenvalue weighted by Crippen LogP contribution is -2.30. The third-order valence-corrected chi connectivity index (χ3v) is 5.91. The van der Waals surface area contributed by atoms with Gasteiger partial charge in [0.2, 0.25) is 0 Å². The molecule has 0 fully saturated rings. The van der Waals surface area contributed by atoms with Crippen LogP contribution in [0.25, 0.3) is 22.3 Å². The first-order chi connectivity index (χ1) is 13.1. The van der Waals surface area contributed by atoms with Crippen molar-refractivity contribution in [3.05, 3.63) is 52.5 Å². The zero-order valence-electron chi connectivity index (χ0n) is 14.2. The molecule has 3 aromatic rings. The minimum atomic E-state index is -5.58. The maximum Gasteiger partial charge on any atom is 0.516 e. The van der Waals surface area contributed by atoms with Crippen molar-refractivity contribution in [2.45, 2.75) is 18.3 Å². The van der Waals surface area contributed by atoms with Gasteiger partial charge in [0.05, 0.1) is 16.8 Å². The number of hydrogen-bond acceptors (Lipinski definition) is 3. The van der Waals surface area contributed by atoms with Gasteiger partial charge in [-0.1, -0.05) is 18.2 Å². The Bertz CT molecular complexity index is 1110. The fourth-order valence-electron chi connectivity index (χ4n) is 2.69. The van der Waals surface area contributed by atoms with E-state index in [1.54, 1.807) is 22.9 Å². The molecule has 0 bridgehead atoms. The third kappa shape index (κ3) is 4.03. The second-order valence-corrected chi connectivity index (χ2v) is 8.45. The number of aryl methyl sites for hydroxylation is 1. The molecule has 149 valence electrons. The number of nitrogens with one attached hydrogen (secondary N) is 1. The molecule has 1 aromatic heterocycles. The number of alkyl halides is 3. The van der Waals surface area contributed by atoms with Gasteiger partial charge in [-0.2, -0.15) is 21.6 Å². The van der Waals surface area contributed by atoms with E-state index in [0.717, 1.165) is 5.56 Å². The van der Waals surface area contributed by atoms with Crippen molar-refractivity contribution in [2.24, 2.45) is 0 Å². The van der Waals surface area contributed by atoms with Gasteiger partial charge in [-0.3, -0.25) is 4.72 Å². The van der Waals surface area contributed by atoms with Gasteiger partial charge in [-0.25, -0.2) is 5.11 Å². The van der Waals surface area contributed by atoms with E-state index in [2.05, 4.69) is 15.9 Å². The van der Waals surface area contributed by atoms with Crippen LogP contribution in [0.2, 0.25) is 0 Å². The van der Waals surface area contributed by atoms with Gasteiger partial charge in [0.25, 0.3) is 0 Å². The summed E-state index contributed by atoms with van der Waals surface area (Å²) in [6.45, 7) is -0.192. The van der Waals surface area contributed by atoms with E-state index in [1.165, 1.54) is 18.2 Å². The molecule has 0 unspecified atom stereocenters. The monoisotopic (exact) mass is 476 g/mol. The number of halogens is 4. The Morgan fingerprint density at radius 3 is 2.50 bits per heavy atom. The predicted octanol–water partition coefficient (Wildman–Crippen LogP) is 5.49. The number of rotatable bonds is 6. The highest BCUT2D eigenvalue weighted by molar-refractivity contribution is 9.10. The number of para-hydroxylation sites is 1. The van der Waals surface area contributed by atoms with E-state index in [-0.39, 0.29) is 23.6 Å². The Morgan fingerprint density at radius 2 is 1.82 bits per heavy atom. The molecule has 0 saturated heterocycles. The molecule has 1 heterocycles. The van der Waals surface area contributed by atoms with Crippen molar-refractivity contribution >= 4 is 42.6 Å². The number of hydrogen-bond donors (Lipinski definition) is 1. The average Bonchev–Trinajstić information content (AvgIpc) is 2.95. The van der Waals surface area contributed by atoms with Gasteiger partial charge >= 0.3 is 15.5 Å². The molecule has 0 aliphatic rings. The molecular formula is C18H14BrF3NO4S. The smallest absolute Gasteiger partial charge is 0.455 e. The first-order valence-corrected chi connectivity index (χ1v) is 10.4. The van der Waals surface area contributed by atoms with Gasteiger partial charge in [0.15, 0.2) is 5.76 Å². The van der Waals surface area contributed by atoms with E-state index >= 15 is 0 Å². The second kappa shape index (κ2) is 7.76. The SMILES string of the molecule is [O]CCCc1ccc2oc(-c3ccccc3NS(=O)(=O)C(F)(F)F)c(Br)c2c1. The molecule has 28 heavy (non-hydrogen) atoms. The van der Waals surface area contributed by atoms with Crippen LogP contribution < -0.4 is 4.72 Å². The van der Waals surface area contributed by atoms with Crippen molar-refractivity contribution in [2.75, 3.05) is 11.3 Å². The van der Waals surface area contributed by atoms with Crippen molar-refractivity contribution < 1.29 is 31.1 Å². The van der Waals surface area contributed by atoms with E-state index in [1.807, 2.05) is 6.07 Å². The molecule has 10 heteroatoms. The lowest BCUT2D eigenvalue weighted by Gasteiger charge is -2.13. The van der Waals surface area contributed by atoms with Crippen molar-refractivity contribution in [1.82, 2.24) is 0 Å². The topological polar surface area (TPSA) is 79.2 Å². The van der Waals surface area contributed by atoms with Crippen molar-refractivity contribution in [3.63, 3.8) is 0 Å². The predicted molar refractivity (Wildman–Crippen MR) is 102 cm³/mol. The minimum Gasteiger partial charge on any atom is -0.455 e. The first kappa shape index (κ1) is 20.7. The van der Waals surface area contributed by atoms with Crippen LogP contribution in [0.1, 0.15) is 12.0 Å². The van der Waals surface area contributed by atoms with Gasteiger partial charge < -0.3 is 4.42 Å². The standard InChI is InChI=1S/C18H14BrF3NO4S/c19-16-13-10-11(4-3-9-24)7-8-15(13)27-17(16)12-5-1-2-6-14(12)23-28(25,26)18(20,21)22/h1-2,5-8,10,23H,3-4,9H2. The molecule has 5 nitrogen and oxygen atoms in total. The molecular weight excluding hydrogens is 463 g/mol. The summed E-state index contributed by atoms with van der Waals surface area (Å²) in [7, 11) is -5.58. The summed E-state index contributed by atoms with van der Waals surface area (Å²) >= 11 is 3.39. The summed E-state index contributed by atoms with van der Waals surface area (Å²) in [6, 6.07) is 11.0. The molecule has 0 atom stereocenters. The van der Waals surface area contributed by atoms with E-state index < -0.39 is 15.5 Å². The Labute approximate surface area is 167 Å². The van der Waals surface area contributed by atoms with E-state index in [4.69, 9.17) is 4.42 Å². The number of benzene rings is 2. The Balaban J connectivity index is 2.07. The maximum absolute atomic E-state index is 12.7. The summed E-state index contributed by atoms with van der Waals surface area (Å²) in [6.07, 6.45) is 1.07. The Hall–Kier alpha value is -2.04. The Morgan fingerprint density at radius 1 is 1.11 bits per heavy atom. The largest absolute Gasteiger partial charge is 0.516 e. The highest BCUT2D eigenvalue weighted by atomic mass is 79.9. The van der Waals surface area contributed by atoms with Gasteiger partial charge in [0, 0.05) is 10.9 Å². The maximum atomic E-state index is 12.7. The molecule has 0 aliphatic heterocycles. The van der Waals surface area contributed by atoms with E-state index in [9.17, 15) is 26.7 Å². The number of sulfonamides is 1. The molecule has 2 aromatic carbocycles. The van der Waals surface area contributed by atoms with Crippen LogP contribution in [-0.4, -0.2) is 20.5 Å². The van der Waals surface area contributed by atoms with Gasteiger partial charge in [-0.15, -0.1) is 0 Å². The molecule has 0 saturated carbocycles. The quantitative estimate of drug-likeness (QED) is 0.510. The fraction of sp³-hybridized carbons (Fsp3) is 0.222. The molecule has 1 radical (unpaired) electrons. The average molecular weight is 477 g/mol. The lowest BCUT2D eigenvalue weighted by molar-refractivity contribution is -0.0429. The molecule has 3 rings (SSSR count). The number of fused-ring (bicyclic) bond motifs is 1. The van der Waals surface area contributed by atoms with E-state index in [0.29, 0.717) is 28.3 Å². The minimum absolute atomic E-state index is 0.152. The molecule has 1 N–H and O–H groups in total. The highest BCUT2D eigenvalue weighted by Crippen LogP contribution is 2.41. The summed E-state index contributed by atoms with van der Waals surface area (Å²) in [5.74, 6) is 0.191. The van der Waals surface area contributed by atoms with Crippen molar-refractivity contribution in [1.29, 1.82) is 0 Å². The number of anilines is 1. The van der Waals surface area contributed by atoms with Crippen LogP contribution in [0, 0.1) is 0 Å². The van der Waals surface area contributed by atoms with Crippen molar-refractivity contribution in [3.8, 4) is 11.3 Å². The normalized spacial score (nSPS) is 12.5. The van der Waals surface area contributed by atoms with Crippen LogP contribution >= 0.6 is 15.9 Å². The van der Waals surface area contributed by atoms with Crippen LogP contribution in [0.5, 0.6) is 0 Å². The first-order valence-electron chi connectivity index (χ1n) is 8.11. The molecule has 0 spiro atoms. The number of furan rings is 1. The molecule has 0 amide bonds. The van der Waals surface area contributed by atoms with Crippen LogP contribution in [0.4, 0.5) is 18.9 Å². The summed E-state index contributed by atoms with van der Waals surface area (Å²) in [5.41, 5.74) is -4.16. The lowest BCUT2D eigenvalue weighted by atomic mass is 10.1.